The van der Waals surface area contributed by atoms with E-state index < -0.39 is 0 Å². The summed E-state index contributed by atoms with van der Waals surface area (Å²) in [4.78, 5) is 12.3. The van der Waals surface area contributed by atoms with Gasteiger partial charge in [-0.2, -0.15) is 0 Å². The maximum atomic E-state index is 12.3. The number of methoxy groups -OCH3 is 1. The van der Waals surface area contributed by atoms with Crippen LogP contribution >= 0.6 is 15.9 Å². The van der Waals surface area contributed by atoms with Crippen molar-refractivity contribution in [2.24, 2.45) is 0 Å². The van der Waals surface area contributed by atoms with Gasteiger partial charge in [0.2, 0.25) is 5.78 Å². The molecule has 0 amide bonds. The quantitative estimate of drug-likeness (QED) is 0.807. The molecule has 0 spiro atoms. The number of furan rings is 1. The molecule has 0 bridgehead atoms. The number of ketones is 1. The van der Waals surface area contributed by atoms with Crippen LogP contribution in [0.15, 0.2) is 33.4 Å². The fraction of sp³-hybridized carbons (Fsp3) is 0.214. The minimum atomic E-state index is -0.180. The van der Waals surface area contributed by atoms with E-state index >= 15 is 0 Å². The van der Waals surface area contributed by atoms with Crippen molar-refractivity contribution in [2.75, 3.05) is 7.11 Å². The van der Waals surface area contributed by atoms with Crippen LogP contribution in [0.5, 0.6) is 5.75 Å². The molecule has 0 saturated carbocycles. The second kappa shape index (κ2) is 4.98. The zero-order valence-corrected chi connectivity index (χ0v) is 12.0. The highest BCUT2D eigenvalue weighted by atomic mass is 79.9. The molecule has 0 N–H and O–H groups in total. The fourth-order valence-corrected chi connectivity index (χ4v) is 2.01. The van der Waals surface area contributed by atoms with Gasteiger partial charge in [0.1, 0.15) is 5.75 Å². The molecule has 0 aliphatic carbocycles. The van der Waals surface area contributed by atoms with Crippen LogP contribution < -0.4 is 4.74 Å². The van der Waals surface area contributed by atoms with E-state index in [2.05, 4.69) is 15.9 Å². The molecular formula is C14H13BrO3. The van der Waals surface area contributed by atoms with Crippen LogP contribution in [0.4, 0.5) is 0 Å². The predicted octanol–water partition coefficient (Wildman–Crippen LogP) is 3.90. The third-order valence-corrected chi connectivity index (χ3v) is 3.28. The van der Waals surface area contributed by atoms with Crippen LogP contribution in [0.1, 0.15) is 27.2 Å². The van der Waals surface area contributed by atoms with E-state index in [1.165, 1.54) is 0 Å². The van der Waals surface area contributed by atoms with E-state index in [1.54, 1.807) is 19.2 Å². The van der Waals surface area contributed by atoms with Crippen LogP contribution in [0.25, 0.3) is 0 Å². The lowest BCUT2D eigenvalue weighted by Gasteiger charge is -2.09. The van der Waals surface area contributed by atoms with Crippen LogP contribution in [-0.2, 0) is 0 Å². The summed E-state index contributed by atoms with van der Waals surface area (Å²) in [6.07, 6.45) is 0. The summed E-state index contributed by atoms with van der Waals surface area (Å²) < 4.78 is 11.1. The number of carbonyl (C=O) groups excluding carboxylic acids is 1. The number of rotatable bonds is 3. The molecule has 3 nitrogen and oxygen atoms in total. The molecule has 18 heavy (non-hydrogen) atoms. The second-order valence-corrected chi connectivity index (χ2v) is 4.85. The van der Waals surface area contributed by atoms with Gasteiger partial charge in [0.05, 0.1) is 12.7 Å². The molecule has 0 unspecified atom stereocenters. The van der Waals surface area contributed by atoms with Crippen molar-refractivity contribution in [3.63, 3.8) is 0 Å². The Labute approximate surface area is 114 Å². The van der Waals surface area contributed by atoms with Gasteiger partial charge in [-0.25, -0.2) is 0 Å². The first-order valence-electron chi connectivity index (χ1n) is 5.48. The smallest absolute Gasteiger partial charge is 0.231 e. The van der Waals surface area contributed by atoms with E-state index in [9.17, 15) is 4.79 Å². The van der Waals surface area contributed by atoms with Gasteiger partial charge in [-0.15, -0.1) is 0 Å². The Morgan fingerprint density at radius 3 is 2.44 bits per heavy atom. The largest absolute Gasteiger partial charge is 0.496 e. The normalized spacial score (nSPS) is 10.4. The molecule has 2 aromatic rings. The standard InChI is InChI=1S/C14H13BrO3/c1-8-6-10(12(17-3)7-9(8)2)14(16)11-4-5-13(15)18-11/h4-7H,1-3H3. The number of benzene rings is 1. The van der Waals surface area contributed by atoms with E-state index in [1.807, 2.05) is 26.0 Å². The van der Waals surface area contributed by atoms with E-state index in [0.29, 0.717) is 21.7 Å². The Kier molecular flexibility index (Phi) is 3.57. The Morgan fingerprint density at radius 2 is 1.89 bits per heavy atom. The number of hydrogen-bond acceptors (Lipinski definition) is 3. The Hall–Kier alpha value is -1.55. The van der Waals surface area contributed by atoms with Gasteiger partial charge in [0.15, 0.2) is 10.4 Å². The zero-order chi connectivity index (χ0) is 13.3. The lowest BCUT2D eigenvalue weighted by Crippen LogP contribution is -2.04. The van der Waals surface area contributed by atoms with Crippen molar-refractivity contribution < 1.29 is 13.9 Å². The van der Waals surface area contributed by atoms with E-state index in [-0.39, 0.29) is 5.78 Å². The van der Waals surface area contributed by atoms with Gasteiger partial charge < -0.3 is 9.15 Å². The summed E-state index contributed by atoms with van der Waals surface area (Å²) >= 11 is 3.18. The minimum absolute atomic E-state index is 0.180. The second-order valence-electron chi connectivity index (χ2n) is 4.07. The first-order chi connectivity index (χ1) is 8.52. The molecule has 94 valence electrons. The van der Waals surface area contributed by atoms with Crippen molar-refractivity contribution >= 4 is 21.7 Å². The molecule has 1 aromatic heterocycles. The number of carbonyl (C=O) groups is 1. The average molecular weight is 309 g/mol. The number of halogens is 1. The first-order valence-corrected chi connectivity index (χ1v) is 6.27. The third kappa shape index (κ3) is 2.34. The molecule has 4 heteroatoms. The van der Waals surface area contributed by atoms with E-state index in [4.69, 9.17) is 9.15 Å². The van der Waals surface area contributed by atoms with Gasteiger partial charge in [-0.3, -0.25) is 4.79 Å². The van der Waals surface area contributed by atoms with Crippen LogP contribution in [0, 0.1) is 13.8 Å². The molecule has 1 aromatic carbocycles. The highest BCUT2D eigenvalue weighted by Gasteiger charge is 2.18. The molecule has 1 heterocycles. The highest BCUT2D eigenvalue weighted by molar-refractivity contribution is 9.10. The summed E-state index contributed by atoms with van der Waals surface area (Å²) in [6.45, 7) is 3.94. The van der Waals surface area contributed by atoms with Crippen LogP contribution in [0.3, 0.4) is 0 Å². The molecule has 0 radical (unpaired) electrons. The third-order valence-electron chi connectivity index (χ3n) is 2.86. The summed E-state index contributed by atoms with van der Waals surface area (Å²) in [6, 6.07) is 7.02. The van der Waals surface area contributed by atoms with Crippen LogP contribution in [-0.4, -0.2) is 12.9 Å². The van der Waals surface area contributed by atoms with Gasteiger partial charge in [0.25, 0.3) is 0 Å². The van der Waals surface area contributed by atoms with Crippen molar-refractivity contribution in [1.29, 1.82) is 0 Å². The van der Waals surface area contributed by atoms with E-state index in [0.717, 1.165) is 11.1 Å². The van der Waals surface area contributed by atoms with Gasteiger partial charge in [0, 0.05) is 0 Å². The van der Waals surface area contributed by atoms with Crippen molar-refractivity contribution in [2.45, 2.75) is 13.8 Å². The van der Waals surface area contributed by atoms with Gasteiger partial charge in [-0.05, 0) is 65.2 Å². The monoisotopic (exact) mass is 308 g/mol. The average Bonchev–Trinajstić information content (AvgIpc) is 2.78. The Morgan fingerprint density at radius 1 is 1.22 bits per heavy atom. The van der Waals surface area contributed by atoms with Crippen molar-refractivity contribution in [3.05, 3.63) is 51.4 Å². The Balaban J connectivity index is 2.50. The minimum Gasteiger partial charge on any atom is -0.496 e. The summed E-state index contributed by atoms with van der Waals surface area (Å²) in [5.74, 6) is 0.680. The predicted molar refractivity (Wildman–Crippen MR) is 72.3 cm³/mol. The van der Waals surface area contributed by atoms with Gasteiger partial charge in [-0.1, -0.05) is 0 Å². The molecule has 2 rings (SSSR count). The lowest BCUT2D eigenvalue weighted by molar-refractivity contribution is 0.100. The molecule has 0 fully saturated rings. The summed E-state index contributed by atoms with van der Waals surface area (Å²) in [7, 11) is 1.55. The highest BCUT2D eigenvalue weighted by Crippen LogP contribution is 2.26. The maximum absolute atomic E-state index is 12.3. The van der Waals surface area contributed by atoms with Crippen molar-refractivity contribution in [3.8, 4) is 5.75 Å². The number of ether oxygens (including phenoxy) is 1. The molecule has 0 saturated heterocycles. The Bertz CT molecular complexity index is 599. The topological polar surface area (TPSA) is 39.4 Å². The fourth-order valence-electron chi connectivity index (χ4n) is 1.71. The van der Waals surface area contributed by atoms with Crippen LogP contribution in [0.2, 0.25) is 0 Å². The molecule has 0 aliphatic rings. The first kappa shape index (κ1) is 12.9. The van der Waals surface area contributed by atoms with Crippen molar-refractivity contribution in [1.82, 2.24) is 0 Å². The SMILES string of the molecule is COc1cc(C)c(C)cc1C(=O)c1ccc(Br)o1. The number of hydrogen-bond donors (Lipinski definition) is 0. The maximum Gasteiger partial charge on any atom is 0.231 e. The van der Waals surface area contributed by atoms with Gasteiger partial charge >= 0.3 is 0 Å². The zero-order valence-electron chi connectivity index (χ0n) is 10.4. The molecule has 0 aliphatic heterocycles. The number of aryl methyl sites for hydroxylation is 2. The lowest BCUT2D eigenvalue weighted by atomic mass is 10.0. The molecule has 0 atom stereocenters. The summed E-state index contributed by atoms with van der Waals surface area (Å²) in [5, 5.41) is 0. The molecular weight excluding hydrogens is 296 g/mol. The summed E-state index contributed by atoms with van der Waals surface area (Å²) in [5.41, 5.74) is 2.65.